The van der Waals surface area contributed by atoms with Crippen molar-refractivity contribution in [3.05, 3.63) is 28.8 Å². The molecule has 0 radical (unpaired) electrons. The minimum absolute atomic E-state index is 0.0442. The van der Waals surface area contributed by atoms with Crippen molar-refractivity contribution in [1.29, 1.82) is 0 Å². The van der Waals surface area contributed by atoms with Crippen molar-refractivity contribution in [3.63, 3.8) is 0 Å². The van der Waals surface area contributed by atoms with E-state index < -0.39 is 17.7 Å². The lowest BCUT2D eigenvalue weighted by molar-refractivity contribution is -0.135. The van der Waals surface area contributed by atoms with Gasteiger partial charge < -0.3 is 15.7 Å². The number of aromatic hydroxyl groups is 1. The maximum Gasteiger partial charge on any atom is 0.239 e. The summed E-state index contributed by atoms with van der Waals surface area (Å²) < 4.78 is 0. The van der Waals surface area contributed by atoms with E-state index in [1.54, 1.807) is 0 Å². The van der Waals surface area contributed by atoms with Gasteiger partial charge in [-0.1, -0.05) is 53.7 Å². The molecule has 0 spiro atoms. The highest BCUT2D eigenvalue weighted by molar-refractivity contribution is 7.80. The van der Waals surface area contributed by atoms with E-state index in [-0.39, 0.29) is 28.1 Å². The quantitative estimate of drug-likeness (QED) is 0.558. The van der Waals surface area contributed by atoms with Gasteiger partial charge in [0.05, 0.1) is 0 Å². The molecule has 0 unspecified atom stereocenters. The lowest BCUT2D eigenvalue weighted by atomic mass is 9.77. The fourth-order valence-corrected chi connectivity index (χ4v) is 3.13. The Labute approximate surface area is 154 Å². The SMILES string of the molecule is CC(C)(C)c1cc(CC2C(=O)NC(=S)NC2=O)cc(C(C)(C)C)c1O. The van der Waals surface area contributed by atoms with Crippen LogP contribution in [0.2, 0.25) is 0 Å². The highest BCUT2D eigenvalue weighted by Crippen LogP contribution is 2.40. The Morgan fingerprint density at radius 3 is 1.72 bits per heavy atom. The Morgan fingerprint density at radius 1 is 0.960 bits per heavy atom. The molecular formula is C19H26N2O3S. The highest BCUT2D eigenvalue weighted by Gasteiger charge is 2.34. The average molecular weight is 362 g/mol. The molecule has 1 aliphatic heterocycles. The number of carbonyl (C=O) groups is 2. The highest BCUT2D eigenvalue weighted by atomic mass is 32.1. The molecule has 2 rings (SSSR count). The van der Waals surface area contributed by atoms with E-state index in [1.165, 1.54) is 0 Å². The summed E-state index contributed by atoms with van der Waals surface area (Å²) >= 11 is 4.84. The van der Waals surface area contributed by atoms with Crippen molar-refractivity contribution in [2.45, 2.75) is 58.8 Å². The molecule has 0 aliphatic carbocycles. The Balaban J connectivity index is 2.49. The molecule has 5 nitrogen and oxygen atoms in total. The number of carbonyl (C=O) groups excluding carboxylic acids is 2. The molecule has 0 saturated carbocycles. The second-order valence-corrected chi connectivity index (χ2v) is 9.01. The fraction of sp³-hybridized carbons (Fsp3) is 0.526. The maximum absolute atomic E-state index is 12.1. The van der Waals surface area contributed by atoms with Crippen molar-refractivity contribution in [2.75, 3.05) is 0 Å². The Hall–Kier alpha value is -1.95. The third kappa shape index (κ3) is 4.18. The number of nitrogens with one attached hydrogen (secondary N) is 2. The van der Waals surface area contributed by atoms with Gasteiger partial charge in [-0.05, 0) is 46.2 Å². The normalized spacial score (nSPS) is 16.6. The minimum atomic E-state index is -0.836. The van der Waals surface area contributed by atoms with Gasteiger partial charge in [0, 0.05) is 0 Å². The third-order valence-electron chi connectivity index (χ3n) is 4.33. The van der Waals surface area contributed by atoms with Gasteiger partial charge in [0.25, 0.3) is 0 Å². The van der Waals surface area contributed by atoms with Crippen molar-refractivity contribution in [3.8, 4) is 5.75 Å². The summed E-state index contributed by atoms with van der Waals surface area (Å²) in [5, 5.41) is 15.8. The molecule has 1 fully saturated rings. The van der Waals surface area contributed by atoms with Crippen molar-refractivity contribution < 1.29 is 14.7 Å². The summed E-state index contributed by atoms with van der Waals surface area (Å²) in [6, 6.07) is 3.77. The van der Waals surface area contributed by atoms with E-state index in [0.29, 0.717) is 0 Å². The van der Waals surface area contributed by atoms with Gasteiger partial charge >= 0.3 is 0 Å². The predicted molar refractivity (Wildman–Crippen MR) is 102 cm³/mol. The van der Waals surface area contributed by atoms with E-state index in [1.807, 2.05) is 53.7 Å². The van der Waals surface area contributed by atoms with E-state index in [9.17, 15) is 14.7 Å². The number of hydrogen-bond acceptors (Lipinski definition) is 4. The van der Waals surface area contributed by atoms with Gasteiger partial charge in [-0.25, -0.2) is 0 Å². The number of phenolic OH excluding ortho intramolecular Hbond substituents is 1. The standard InChI is InChI=1S/C19H26N2O3S/c1-18(2,3)12-8-10(9-13(14(12)22)19(4,5)6)7-11-15(23)20-17(25)21-16(11)24/h8-9,11,22H,7H2,1-6H3,(H2,20,21,23,24,25). The number of rotatable bonds is 2. The van der Waals surface area contributed by atoms with Crippen LogP contribution in [0.5, 0.6) is 5.75 Å². The lowest BCUT2D eigenvalue weighted by Gasteiger charge is -2.29. The fourth-order valence-electron chi connectivity index (χ4n) is 2.92. The van der Waals surface area contributed by atoms with Crippen LogP contribution in [0.25, 0.3) is 0 Å². The van der Waals surface area contributed by atoms with Crippen LogP contribution in [0, 0.1) is 5.92 Å². The molecule has 25 heavy (non-hydrogen) atoms. The van der Waals surface area contributed by atoms with Crippen molar-refractivity contribution in [2.24, 2.45) is 5.92 Å². The summed E-state index contributed by atoms with van der Waals surface area (Å²) in [5.74, 6) is -1.34. The summed E-state index contributed by atoms with van der Waals surface area (Å²) in [7, 11) is 0. The Bertz CT molecular complexity index is 687. The first-order valence-corrected chi connectivity index (χ1v) is 8.74. The van der Waals surface area contributed by atoms with Crippen molar-refractivity contribution >= 4 is 29.1 Å². The third-order valence-corrected chi connectivity index (χ3v) is 4.54. The second kappa shape index (κ2) is 6.41. The Kier molecular flexibility index (Phi) is 4.97. The largest absolute Gasteiger partial charge is 0.507 e. The first kappa shape index (κ1) is 19.4. The molecule has 0 atom stereocenters. The van der Waals surface area contributed by atoms with Crippen molar-refractivity contribution in [1.82, 2.24) is 10.6 Å². The van der Waals surface area contributed by atoms with Gasteiger partial charge in [-0.15, -0.1) is 0 Å². The monoisotopic (exact) mass is 362 g/mol. The summed E-state index contributed by atoms with van der Waals surface area (Å²) in [6.07, 6.45) is 0.257. The first-order valence-electron chi connectivity index (χ1n) is 8.33. The molecule has 1 aromatic carbocycles. The molecule has 0 bridgehead atoms. The van der Waals surface area contributed by atoms with Gasteiger partial charge in [0.2, 0.25) is 11.8 Å². The molecule has 0 aromatic heterocycles. The average Bonchev–Trinajstić information content (AvgIpc) is 2.41. The zero-order valence-corrected chi connectivity index (χ0v) is 16.4. The molecule has 1 heterocycles. The zero-order valence-electron chi connectivity index (χ0n) is 15.6. The van der Waals surface area contributed by atoms with Crippen LogP contribution >= 0.6 is 12.2 Å². The number of hydrogen-bond donors (Lipinski definition) is 3. The smallest absolute Gasteiger partial charge is 0.239 e. The number of phenols is 1. The zero-order chi connectivity index (χ0) is 19.2. The molecule has 3 N–H and O–H groups in total. The molecule has 1 aromatic rings. The first-order chi connectivity index (χ1) is 11.3. The molecule has 136 valence electrons. The van der Waals surface area contributed by atoms with Crippen LogP contribution in [-0.4, -0.2) is 22.0 Å². The Morgan fingerprint density at radius 2 is 1.36 bits per heavy atom. The van der Waals surface area contributed by atoms with E-state index in [0.717, 1.165) is 16.7 Å². The summed E-state index contributed by atoms with van der Waals surface area (Å²) in [4.78, 5) is 24.3. The van der Waals surface area contributed by atoms with Gasteiger partial charge in [0.1, 0.15) is 11.7 Å². The van der Waals surface area contributed by atoms with Gasteiger partial charge in [-0.2, -0.15) is 0 Å². The molecule has 1 saturated heterocycles. The maximum atomic E-state index is 12.1. The number of benzene rings is 1. The molecule has 2 amide bonds. The molecule has 1 aliphatic rings. The molecule has 6 heteroatoms. The lowest BCUT2D eigenvalue weighted by Crippen LogP contribution is -2.56. The van der Waals surface area contributed by atoms with Crippen LogP contribution in [0.4, 0.5) is 0 Å². The molecular weight excluding hydrogens is 336 g/mol. The van der Waals surface area contributed by atoms with Crippen LogP contribution in [0.3, 0.4) is 0 Å². The number of thiocarbonyl (C=S) groups is 1. The van der Waals surface area contributed by atoms with Gasteiger partial charge in [-0.3, -0.25) is 9.59 Å². The predicted octanol–water partition coefficient (Wildman–Crippen LogP) is 2.68. The van der Waals surface area contributed by atoms with E-state index >= 15 is 0 Å². The van der Waals surface area contributed by atoms with Crippen LogP contribution in [0.15, 0.2) is 12.1 Å². The van der Waals surface area contributed by atoms with E-state index in [2.05, 4.69) is 10.6 Å². The summed E-state index contributed by atoms with van der Waals surface area (Å²) in [5.41, 5.74) is 1.93. The minimum Gasteiger partial charge on any atom is -0.507 e. The van der Waals surface area contributed by atoms with Gasteiger partial charge in [0.15, 0.2) is 5.11 Å². The van der Waals surface area contributed by atoms with Crippen LogP contribution in [0.1, 0.15) is 58.2 Å². The van der Waals surface area contributed by atoms with Crippen LogP contribution < -0.4 is 10.6 Å². The second-order valence-electron chi connectivity index (χ2n) is 8.60. The van der Waals surface area contributed by atoms with E-state index in [4.69, 9.17) is 12.2 Å². The topological polar surface area (TPSA) is 78.4 Å². The van der Waals surface area contributed by atoms with Crippen LogP contribution in [-0.2, 0) is 26.8 Å². The summed E-state index contributed by atoms with van der Waals surface area (Å²) in [6.45, 7) is 12.1. The number of amides is 2.